The van der Waals surface area contributed by atoms with Crippen LogP contribution < -0.4 is 32.6 Å². The van der Waals surface area contributed by atoms with Crippen LogP contribution in [0.2, 0.25) is 0 Å². The lowest BCUT2D eigenvalue weighted by molar-refractivity contribution is -0.124. The van der Waals surface area contributed by atoms with Crippen LogP contribution in [0.1, 0.15) is 82.9 Å². The van der Waals surface area contributed by atoms with Crippen LogP contribution in [0, 0.1) is 6.92 Å². The number of anilines is 1. The normalized spacial score (nSPS) is 25.6. The number of carbonyl (C=O) groups excluding carboxylic acids is 2. The van der Waals surface area contributed by atoms with E-state index in [1.807, 2.05) is 31.2 Å². The monoisotopic (exact) mass is 547 g/mol. The molecule has 3 atom stereocenters. The highest BCUT2D eigenvalue weighted by Gasteiger charge is 2.49. The van der Waals surface area contributed by atoms with Crippen molar-refractivity contribution in [2.45, 2.75) is 75.6 Å². The van der Waals surface area contributed by atoms with Crippen molar-refractivity contribution in [3.63, 3.8) is 0 Å². The van der Waals surface area contributed by atoms with E-state index in [0.717, 1.165) is 60.2 Å². The molecule has 206 valence electrons. The number of aryl methyl sites for hydroxylation is 1. The highest BCUT2D eigenvalue weighted by atomic mass is 32.1. The lowest BCUT2D eigenvalue weighted by Crippen LogP contribution is -2.53. The lowest BCUT2D eigenvalue weighted by atomic mass is 9.69. The van der Waals surface area contributed by atoms with Crippen molar-refractivity contribution in [1.29, 1.82) is 0 Å². The number of ether oxygens (including phenoxy) is 1. The predicted octanol–water partition coefficient (Wildman–Crippen LogP) is 3.77. The number of hydrogen-bond acceptors (Lipinski definition) is 8. The van der Waals surface area contributed by atoms with Crippen LogP contribution in [0.25, 0.3) is 10.1 Å². The van der Waals surface area contributed by atoms with Gasteiger partial charge in [0.15, 0.2) is 5.78 Å². The molecule has 0 bridgehead atoms. The molecule has 39 heavy (non-hydrogen) atoms. The number of Topliss-reactive ketones (excluding diaryl/α,β-unsaturated/α-hetero) is 1. The molecule has 8 nitrogen and oxygen atoms in total. The Balaban J connectivity index is 1.41. The van der Waals surface area contributed by atoms with E-state index in [2.05, 4.69) is 10.6 Å². The van der Waals surface area contributed by atoms with E-state index in [9.17, 15) is 9.59 Å². The van der Waals surface area contributed by atoms with Gasteiger partial charge in [-0.2, -0.15) is 0 Å². The number of rotatable bonds is 5. The summed E-state index contributed by atoms with van der Waals surface area (Å²) in [6.45, 7) is 3.62. The Labute approximate surface area is 232 Å². The molecule has 1 aliphatic heterocycles. The van der Waals surface area contributed by atoms with E-state index in [1.54, 1.807) is 6.07 Å². The molecule has 9 heteroatoms. The first-order valence-corrected chi connectivity index (χ1v) is 14.8. The minimum atomic E-state index is -1.48. The summed E-state index contributed by atoms with van der Waals surface area (Å²) >= 11 is 1.29. The zero-order valence-electron chi connectivity index (χ0n) is 22.3. The Hall–Kier alpha value is -2.98. The molecule has 2 aliphatic carbocycles. The van der Waals surface area contributed by atoms with Gasteiger partial charge in [0.05, 0.1) is 21.7 Å². The summed E-state index contributed by atoms with van der Waals surface area (Å²) in [7, 11) is 0. The maximum atomic E-state index is 14.1. The minimum absolute atomic E-state index is 0.0292. The van der Waals surface area contributed by atoms with E-state index in [0.29, 0.717) is 27.3 Å². The van der Waals surface area contributed by atoms with Crippen molar-refractivity contribution in [3.8, 4) is 5.75 Å². The largest absolute Gasteiger partial charge is 0.490 e. The fraction of sp³-hybridized carbons (Fsp3) is 0.467. The predicted molar refractivity (Wildman–Crippen MR) is 155 cm³/mol. The van der Waals surface area contributed by atoms with Crippen LogP contribution in [-0.2, 0) is 10.3 Å². The fourth-order valence-corrected chi connectivity index (χ4v) is 7.78. The van der Waals surface area contributed by atoms with Crippen LogP contribution in [0.15, 0.2) is 30.3 Å². The molecular weight excluding hydrogens is 510 g/mol. The Kier molecular flexibility index (Phi) is 6.87. The number of amides is 1. The zero-order chi connectivity index (χ0) is 27.3. The number of thiophene rings is 1. The van der Waals surface area contributed by atoms with Crippen molar-refractivity contribution < 1.29 is 14.3 Å². The topological polar surface area (TPSA) is 145 Å². The summed E-state index contributed by atoms with van der Waals surface area (Å²) in [4.78, 5) is 28.0. The molecule has 0 radical (unpaired) electrons. The van der Waals surface area contributed by atoms with Gasteiger partial charge in [0.25, 0.3) is 5.91 Å². The molecule has 2 heterocycles. The average molecular weight is 548 g/mol. The third kappa shape index (κ3) is 4.41. The maximum Gasteiger partial charge on any atom is 0.262 e. The SMILES string of the molecule is Cc1cc(OC2CCCCC2)ccc1C1(N)C(=O)C(N)c2c(C(=O)NC3CCCNC3)sc3c(N)ccc1c23. The molecule has 3 aromatic rings. The second-order valence-electron chi connectivity index (χ2n) is 11.3. The molecule has 1 aromatic heterocycles. The Morgan fingerprint density at radius 3 is 2.59 bits per heavy atom. The summed E-state index contributed by atoms with van der Waals surface area (Å²) in [6.07, 6.45) is 7.89. The molecule has 8 N–H and O–H groups in total. The molecule has 6 rings (SSSR count). The number of hydrogen-bond donors (Lipinski definition) is 5. The van der Waals surface area contributed by atoms with Crippen molar-refractivity contribution in [2.75, 3.05) is 18.8 Å². The van der Waals surface area contributed by atoms with E-state index in [4.69, 9.17) is 21.9 Å². The first-order valence-electron chi connectivity index (χ1n) is 14.0. The molecule has 3 aliphatic rings. The Morgan fingerprint density at radius 1 is 1.10 bits per heavy atom. The van der Waals surface area contributed by atoms with Gasteiger partial charge >= 0.3 is 0 Å². The number of nitrogens with two attached hydrogens (primary N) is 3. The molecule has 3 unspecified atom stereocenters. The molecular formula is C30H37N5O3S. The van der Waals surface area contributed by atoms with Crippen LogP contribution in [0.3, 0.4) is 0 Å². The third-order valence-electron chi connectivity index (χ3n) is 8.63. The zero-order valence-corrected chi connectivity index (χ0v) is 23.2. The summed E-state index contributed by atoms with van der Waals surface area (Å²) in [5, 5.41) is 7.17. The summed E-state index contributed by atoms with van der Waals surface area (Å²) in [5.41, 5.74) is 21.9. The molecule has 2 fully saturated rings. The lowest BCUT2D eigenvalue weighted by Gasteiger charge is -2.37. The van der Waals surface area contributed by atoms with Gasteiger partial charge in [-0.25, -0.2) is 0 Å². The number of ketones is 1. The van der Waals surface area contributed by atoms with Gasteiger partial charge in [-0.05, 0) is 86.9 Å². The van der Waals surface area contributed by atoms with Gasteiger partial charge in [0.2, 0.25) is 0 Å². The van der Waals surface area contributed by atoms with Crippen LogP contribution in [0.5, 0.6) is 5.75 Å². The summed E-state index contributed by atoms with van der Waals surface area (Å²) < 4.78 is 7.00. The van der Waals surface area contributed by atoms with Gasteiger partial charge in [0.1, 0.15) is 11.3 Å². The molecule has 2 aromatic carbocycles. The third-order valence-corrected chi connectivity index (χ3v) is 9.88. The fourth-order valence-electron chi connectivity index (χ4n) is 6.58. The van der Waals surface area contributed by atoms with Gasteiger partial charge in [-0.3, -0.25) is 9.59 Å². The van der Waals surface area contributed by atoms with Crippen molar-refractivity contribution in [2.24, 2.45) is 11.5 Å². The van der Waals surface area contributed by atoms with Crippen molar-refractivity contribution in [3.05, 3.63) is 57.5 Å². The van der Waals surface area contributed by atoms with Gasteiger partial charge in [-0.15, -0.1) is 11.3 Å². The van der Waals surface area contributed by atoms with Crippen LogP contribution in [0.4, 0.5) is 5.69 Å². The first kappa shape index (κ1) is 26.3. The van der Waals surface area contributed by atoms with Gasteiger partial charge in [0, 0.05) is 29.2 Å². The number of carbonyl (C=O) groups is 2. The average Bonchev–Trinajstić information content (AvgIpc) is 3.35. The van der Waals surface area contributed by atoms with E-state index in [1.165, 1.54) is 30.6 Å². The Bertz CT molecular complexity index is 1440. The van der Waals surface area contributed by atoms with E-state index in [-0.39, 0.29) is 23.8 Å². The maximum absolute atomic E-state index is 14.1. The quantitative estimate of drug-likeness (QED) is 0.306. The molecule has 1 amide bonds. The minimum Gasteiger partial charge on any atom is -0.490 e. The second-order valence-corrected chi connectivity index (χ2v) is 12.3. The number of piperidine rings is 1. The van der Waals surface area contributed by atoms with Crippen LogP contribution >= 0.6 is 11.3 Å². The standard InChI is InChI=1S/C30H37N5O3S/c1-16-14-19(38-18-7-3-2-4-8-18)9-10-20(16)30(33)21-11-12-22(31)26-23(21)24(25(32)28(30)36)27(39-26)29(37)35-17-6-5-13-34-15-17/h9-12,14,17-18,25,34H,2-8,13,15,31-33H2,1H3,(H,35,37). The van der Waals surface area contributed by atoms with Crippen molar-refractivity contribution >= 4 is 38.8 Å². The second kappa shape index (κ2) is 10.2. The Morgan fingerprint density at radius 2 is 1.87 bits per heavy atom. The smallest absolute Gasteiger partial charge is 0.262 e. The summed E-state index contributed by atoms with van der Waals surface area (Å²) in [5.74, 6) is 0.226. The number of nitrogen functional groups attached to an aromatic ring is 1. The first-order chi connectivity index (χ1) is 18.8. The molecule has 0 spiro atoms. The number of nitrogens with one attached hydrogen (secondary N) is 2. The highest BCUT2D eigenvalue weighted by molar-refractivity contribution is 7.21. The van der Waals surface area contributed by atoms with Crippen molar-refractivity contribution in [1.82, 2.24) is 10.6 Å². The van der Waals surface area contributed by atoms with Gasteiger partial charge in [-0.1, -0.05) is 18.6 Å². The molecule has 1 saturated heterocycles. The highest BCUT2D eigenvalue weighted by Crippen LogP contribution is 2.50. The van der Waals surface area contributed by atoms with E-state index >= 15 is 0 Å². The summed E-state index contributed by atoms with van der Waals surface area (Å²) in [6, 6.07) is 8.32. The van der Waals surface area contributed by atoms with E-state index < -0.39 is 11.6 Å². The molecule has 1 saturated carbocycles. The van der Waals surface area contributed by atoms with Crippen LogP contribution in [-0.4, -0.2) is 36.9 Å². The number of benzene rings is 2. The van der Waals surface area contributed by atoms with Gasteiger partial charge < -0.3 is 32.6 Å².